The van der Waals surface area contributed by atoms with Crippen LogP contribution in [0.3, 0.4) is 0 Å². The molecule has 0 aliphatic heterocycles. The molecule has 44 valence electrons. The number of primary amides is 1. The van der Waals surface area contributed by atoms with Crippen LogP contribution < -0.4 is 5.73 Å². The van der Waals surface area contributed by atoms with E-state index in [4.69, 9.17) is 5.41 Å². The lowest BCUT2D eigenvalue weighted by Crippen LogP contribution is -2.20. The van der Waals surface area contributed by atoms with Crippen molar-refractivity contribution in [3.05, 3.63) is 0 Å². The number of aliphatic imine (C=N–C) groups is 1. The number of rotatable bonds is 0. The molecule has 0 unspecified atom stereocenters. The largest absolute Gasteiger partial charge is 0.363 e. The van der Waals surface area contributed by atoms with E-state index in [1.165, 1.54) is 6.21 Å². The number of hydrogen-bond donors (Lipinski definition) is 2. The Labute approximate surface area is 46.9 Å². The summed E-state index contributed by atoms with van der Waals surface area (Å²) in [5.74, 6) is -1.21. The van der Waals surface area contributed by atoms with E-state index in [2.05, 4.69) is 10.7 Å². The van der Waals surface area contributed by atoms with Crippen LogP contribution in [0.1, 0.15) is 6.92 Å². The highest BCUT2D eigenvalue weighted by Crippen LogP contribution is 1.69. The van der Waals surface area contributed by atoms with Crippen LogP contribution in [-0.2, 0) is 4.79 Å². The standard InChI is InChI=1S/C4H7N3O/c1-2-7-3(5)4(6)8/h2,5H,1H3,(H2,6,8). The smallest absolute Gasteiger partial charge is 0.285 e. The van der Waals surface area contributed by atoms with Crippen LogP contribution in [0.2, 0.25) is 0 Å². The molecule has 0 aromatic heterocycles. The minimum absolute atomic E-state index is 0.410. The second kappa shape index (κ2) is 2.90. The van der Waals surface area contributed by atoms with E-state index >= 15 is 0 Å². The zero-order valence-corrected chi connectivity index (χ0v) is 4.51. The molecule has 8 heavy (non-hydrogen) atoms. The van der Waals surface area contributed by atoms with Crippen LogP contribution in [0.5, 0.6) is 0 Å². The molecule has 4 heteroatoms. The maximum atomic E-state index is 9.97. The van der Waals surface area contributed by atoms with Gasteiger partial charge in [-0.2, -0.15) is 0 Å². The topological polar surface area (TPSA) is 79.3 Å². The minimum atomic E-state index is -0.803. The van der Waals surface area contributed by atoms with E-state index in [0.717, 1.165) is 0 Å². The van der Waals surface area contributed by atoms with Gasteiger partial charge in [0.05, 0.1) is 0 Å². The zero-order chi connectivity index (χ0) is 6.57. The highest BCUT2D eigenvalue weighted by molar-refractivity contribution is 6.37. The first-order valence-corrected chi connectivity index (χ1v) is 2.05. The highest BCUT2D eigenvalue weighted by atomic mass is 16.1. The van der Waals surface area contributed by atoms with Gasteiger partial charge < -0.3 is 5.73 Å². The third-order valence-corrected chi connectivity index (χ3v) is 0.492. The van der Waals surface area contributed by atoms with Gasteiger partial charge in [0.1, 0.15) is 0 Å². The molecule has 0 aromatic carbocycles. The fraction of sp³-hybridized carbons (Fsp3) is 0.250. The molecule has 0 saturated carbocycles. The fourth-order valence-corrected chi connectivity index (χ4v) is 0.193. The summed E-state index contributed by atoms with van der Waals surface area (Å²) in [6.07, 6.45) is 1.34. The van der Waals surface area contributed by atoms with Crippen molar-refractivity contribution in [2.24, 2.45) is 10.7 Å². The monoisotopic (exact) mass is 113 g/mol. The van der Waals surface area contributed by atoms with Gasteiger partial charge in [0.25, 0.3) is 5.91 Å². The van der Waals surface area contributed by atoms with Crippen molar-refractivity contribution < 1.29 is 4.79 Å². The van der Waals surface area contributed by atoms with Gasteiger partial charge in [-0.05, 0) is 6.92 Å². The predicted octanol–water partition coefficient (Wildman–Crippen LogP) is -0.460. The molecule has 0 saturated heterocycles. The van der Waals surface area contributed by atoms with E-state index in [1.54, 1.807) is 6.92 Å². The summed E-state index contributed by atoms with van der Waals surface area (Å²) in [6.45, 7) is 1.61. The number of hydrogen-bond acceptors (Lipinski definition) is 2. The number of amidine groups is 1. The van der Waals surface area contributed by atoms with Crippen LogP contribution in [0.15, 0.2) is 4.99 Å². The maximum Gasteiger partial charge on any atom is 0.285 e. The number of nitrogens with one attached hydrogen (secondary N) is 1. The summed E-state index contributed by atoms with van der Waals surface area (Å²) in [4.78, 5) is 13.3. The van der Waals surface area contributed by atoms with Gasteiger partial charge in [0.2, 0.25) is 5.84 Å². The van der Waals surface area contributed by atoms with Gasteiger partial charge in [-0.3, -0.25) is 10.2 Å². The Morgan fingerprint density at radius 2 is 2.38 bits per heavy atom. The molecule has 0 radical (unpaired) electrons. The maximum absolute atomic E-state index is 9.97. The van der Waals surface area contributed by atoms with E-state index < -0.39 is 11.7 Å². The Morgan fingerprint density at radius 3 is 2.50 bits per heavy atom. The van der Waals surface area contributed by atoms with Crippen LogP contribution in [0.25, 0.3) is 0 Å². The summed E-state index contributed by atoms with van der Waals surface area (Å²) >= 11 is 0. The van der Waals surface area contributed by atoms with E-state index in [1.807, 2.05) is 0 Å². The first kappa shape index (κ1) is 6.81. The normalized spacial score (nSPS) is 9.62. The van der Waals surface area contributed by atoms with Gasteiger partial charge in [0, 0.05) is 6.21 Å². The lowest BCUT2D eigenvalue weighted by atomic mass is 10.6. The molecule has 0 aromatic rings. The number of carbonyl (C=O) groups excluding carboxylic acids is 1. The summed E-state index contributed by atoms with van der Waals surface area (Å²) in [6, 6.07) is 0. The van der Waals surface area contributed by atoms with Crippen molar-refractivity contribution in [2.75, 3.05) is 0 Å². The summed E-state index contributed by atoms with van der Waals surface area (Å²) in [7, 11) is 0. The minimum Gasteiger partial charge on any atom is -0.363 e. The molecule has 0 bridgehead atoms. The lowest BCUT2D eigenvalue weighted by Gasteiger charge is -1.83. The highest BCUT2D eigenvalue weighted by Gasteiger charge is 1.96. The molecule has 1 amide bonds. The van der Waals surface area contributed by atoms with Crippen molar-refractivity contribution in [3.63, 3.8) is 0 Å². The second-order valence-corrected chi connectivity index (χ2v) is 1.10. The van der Waals surface area contributed by atoms with Gasteiger partial charge in [-0.25, -0.2) is 4.99 Å². The number of carbonyl (C=O) groups is 1. The summed E-state index contributed by atoms with van der Waals surface area (Å²) in [5, 5.41) is 6.67. The lowest BCUT2D eigenvalue weighted by molar-refractivity contribution is -0.112. The Morgan fingerprint density at radius 1 is 1.88 bits per heavy atom. The molecular weight excluding hydrogens is 106 g/mol. The average Bonchev–Trinajstić information content (AvgIpc) is 1.67. The fourth-order valence-electron chi connectivity index (χ4n) is 0.193. The quantitative estimate of drug-likeness (QED) is 0.323. The van der Waals surface area contributed by atoms with E-state index in [9.17, 15) is 4.79 Å². The molecule has 0 spiro atoms. The molecule has 0 aliphatic carbocycles. The van der Waals surface area contributed by atoms with Crippen molar-refractivity contribution >= 4 is 18.0 Å². The van der Waals surface area contributed by atoms with Crippen LogP contribution >= 0.6 is 0 Å². The molecule has 0 fully saturated rings. The third kappa shape index (κ3) is 2.07. The predicted molar refractivity (Wildman–Crippen MR) is 31.1 cm³/mol. The van der Waals surface area contributed by atoms with Gasteiger partial charge in [0.15, 0.2) is 0 Å². The third-order valence-electron chi connectivity index (χ3n) is 0.492. The van der Waals surface area contributed by atoms with Crippen molar-refractivity contribution in [2.45, 2.75) is 6.92 Å². The molecule has 4 nitrogen and oxygen atoms in total. The Bertz CT molecular complexity index is 138. The number of amides is 1. The summed E-state index contributed by atoms with van der Waals surface area (Å²) < 4.78 is 0. The molecule has 0 rings (SSSR count). The molecule has 0 atom stereocenters. The second-order valence-electron chi connectivity index (χ2n) is 1.10. The van der Waals surface area contributed by atoms with E-state index in [-0.39, 0.29) is 0 Å². The van der Waals surface area contributed by atoms with Gasteiger partial charge in [-0.15, -0.1) is 0 Å². The SMILES string of the molecule is CC=NC(=N)C(N)=O. The molecule has 0 heterocycles. The van der Waals surface area contributed by atoms with E-state index in [0.29, 0.717) is 0 Å². The average molecular weight is 113 g/mol. The Hall–Kier alpha value is -1.19. The zero-order valence-electron chi connectivity index (χ0n) is 4.51. The van der Waals surface area contributed by atoms with Crippen LogP contribution in [0, 0.1) is 5.41 Å². The van der Waals surface area contributed by atoms with Crippen molar-refractivity contribution in [1.29, 1.82) is 5.41 Å². The summed E-state index contributed by atoms with van der Waals surface area (Å²) in [5.41, 5.74) is 4.64. The van der Waals surface area contributed by atoms with Crippen molar-refractivity contribution in [1.82, 2.24) is 0 Å². The van der Waals surface area contributed by atoms with Gasteiger partial charge >= 0.3 is 0 Å². The number of nitrogens with zero attached hydrogens (tertiary/aromatic N) is 1. The molecule has 3 N–H and O–H groups in total. The first-order valence-electron chi connectivity index (χ1n) is 2.05. The van der Waals surface area contributed by atoms with Crippen LogP contribution in [0.4, 0.5) is 0 Å². The van der Waals surface area contributed by atoms with Gasteiger partial charge in [-0.1, -0.05) is 0 Å². The molecular formula is C4H7N3O. The number of nitrogens with two attached hydrogens (primary N) is 1. The Kier molecular flexibility index (Phi) is 2.47. The molecule has 0 aliphatic rings. The van der Waals surface area contributed by atoms with Crippen molar-refractivity contribution in [3.8, 4) is 0 Å². The van der Waals surface area contributed by atoms with Crippen LogP contribution in [-0.4, -0.2) is 18.0 Å². The Balaban J connectivity index is 3.85. The first-order chi connectivity index (χ1) is 3.68.